The van der Waals surface area contributed by atoms with Crippen molar-refractivity contribution in [2.75, 3.05) is 33.9 Å². The molecule has 2 saturated carbocycles. The first-order valence-electron chi connectivity index (χ1n) is 12.6. The number of hydrogen-bond acceptors (Lipinski definition) is 5. The smallest absolute Gasteiger partial charge is 0.248 e. The minimum atomic E-state index is -0.780. The summed E-state index contributed by atoms with van der Waals surface area (Å²) in [6, 6.07) is 0.721. The summed E-state index contributed by atoms with van der Waals surface area (Å²) in [4.78, 5) is 29.5. The third kappa shape index (κ3) is 5.12. The number of nitrogens with zero attached hydrogens (tertiary/aromatic N) is 2. The minimum Gasteiger partial charge on any atom is -0.375 e. The molecule has 0 radical (unpaired) electrons. The van der Waals surface area contributed by atoms with E-state index in [4.69, 9.17) is 4.74 Å². The molecule has 6 unspecified atom stereocenters. The molecule has 2 saturated heterocycles. The molecule has 4 fully saturated rings. The molecular formula is C24H41FN4O3. The number of nitrogens with one attached hydrogen (secondary N) is 2. The number of likely N-dealkylation sites (tertiary alicyclic amines) is 1. The van der Waals surface area contributed by atoms with E-state index in [0.29, 0.717) is 24.8 Å². The summed E-state index contributed by atoms with van der Waals surface area (Å²) < 4.78 is 19.4. The van der Waals surface area contributed by atoms with Crippen LogP contribution in [-0.2, 0) is 14.3 Å². The second-order valence-corrected chi connectivity index (χ2v) is 10.6. The Kier molecular flexibility index (Phi) is 7.73. The monoisotopic (exact) mass is 452 g/mol. The third-order valence-corrected chi connectivity index (χ3v) is 8.57. The van der Waals surface area contributed by atoms with Gasteiger partial charge in [0, 0.05) is 57.3 Å². The lowest BCUT2D eigenvalue weighted by molar-refractivity contribution is -0.135. The SMILES string of the molecule is COCC(=O)N(C)C1CCN([C@@H]2CCC[C@@H](NC(=O)C3CC4C(F)CCC(C)C4N3)C2)C1. The number of alkyl halides is 1. The van der Waals surface area contributed by atoms with Crippen LogP contribution in [0.3, 0.4) is 0 Å². The van der Waals surface area contributed by atoms with Crippen molar-refractivity contribution in [3.05, 3.63) is 0 Å². The van der Waals surface area contributed by atoms with Gasteiger partial charge < -0.3 is 20.3 Å². The molecular weight excluding hydrogens is 411 g/mol. The zero-order valence-corrected chi connectivity index (χ0v) is 19.9. The van der Waals surface area contributed by atoms with E-state index in [2.05, 4.69) is 22.5 Å². The van der Waals surface area contributed by atoms with E-state index < -0.39 is 6.17 Å². The minimum absolute atomic E-state index is 0.0204. The number of carbonyl (C=O) groups excluding carboxylic acids is 2. The van der Waals surface area contributed by atoms with Gasteiger partial charge in [0.05, 0.1) is 6.04 Å². The number of methoxy groups -OCH3 is 1. The van der Waals surface area contributed by atoms with Gasteiger partial charge in [0.1, 0.15) is 12.8 Å². The molecule has 0 aromatic rings. The Labute approximate surface area is 191 Å². The summed E-state index contributed by atoms with van der Waals surface area (Å²) in [5.41, 5.74) is 0. The number of amides is 2. The lowest BCUT2D eigenvalue weighted by Gasteiger charge is -2.36. The average Bonchev–Trinajstić information content (AvgIpc) is 3.45. The number of ether oxygens (including phenoxy) is 1. The highest BCUT2D eigenvalue weighted by Crippen LogP contribution is 2.38. The van der Waals surface area contributed by atoms with Gasteiger partial charge >= 0.3 is 0 Å². The molecule has 2 aliphatic heterocycles. The van der Waals surface area contributed by atoms with Crippen molar-refractivity contribution in [3.8, 4) is 0 Å². The fourth-order valence-corrected chi connectivity index (χ4v) is 6.57. The predicted molar refractivity (Wildman–Crippen MR) is 121 cm³/mol. The topological polar surface area (TPSA) is 73.9 Å². The van der Waals surface area contributed by atoms with Crippen molar-refractivity contribution in [1.82, 2.24) is 20.4 Å². The van der Waals surface area contributed by atoms with Crippen LogP contribution in [0.15, 0.2) is 0 Å². The zero-order valence-electron chi connectivity index (χ0n) is 19.9. The van der Waals surface area contributed by atoms with Gasteiger partial charge in [-0.25, -0.2) is 4.39 Å². The second kappa shape index (κ2) is 10.3. The maximum atomic E-state index is 14.4. The van der Waals surface area contributed by atoms with Gasteiger partial charge in [-0.05, 0) is 57.3 Å². The van der Waals surface area contributed by atoms with Gasteiger partial charge in [-0.3, -0.25) is 14.5 Å². The largest absolute Gasteiger partial charge is 0.375 e. The Morgan fingerprint density at radius 2 is 2.00 bits per heavy atom. The van der Waals surface area contributed by atoms with Crippen LogP contribution in [0.25, 0.3) is 0 Å². The highest BCUT2D eigenvalue weighted by atomic mass is 19.1. The van der Waals surface area contributed by atoms with E-state index in [0.717, 1.165) is 51.6 Å². The quantitative estimate of drug-likeness (QED) is 0.642. The molecule has 0 spiro atoms. The molecule has 2 aliphatic carbocycles. The molecule has 2 amide bonds. The first-order chi connectivity index (χ1) is 15.4. The number of rotatable bonds is 6. The average molecular weight is 453 g/mol. The van der Waals surface area contributed by atoms with Crippen molar-refractivity contribution in [2.24, 2.45) is 11.8 Å². The summed E-state index contributed by atoms with van der Waals surface area (Å²) in [6.45, 7) is 4.18. The Morgan fingerprint density at radius 3 is 2.75 bits per heavy atom. The van der Waals surface area contributed by atoms with E-state index in [1.165, 1.54) is 0 Å². The van der Waals surface area contributed by atoms with Crippen molar-refractivity contribution in [2.45, 2.75) is 94.7 Å². The molecule has 2 heterocycles. The van der Waals surface area contributed by atoms with Crippen LogP contribution in [0, 0.1) is 11.8 Å². The van der Waals surface area contributed by atoms with E-state index in [1.807, 2.05) is 11.9 Å². The number of carbonyl (C=O) groups is 2. The van der Waals surface area contributed by atoms with E-state index >= 15 is 0 Å². The molecule has 32 heavy (non-hydrogen) atoms. The van der Waals surface area contributed by atoms with Gasteiger partial charge in [-0.15, -0.1) is 0 Å². The second-order valence-electron chi connectivity index (χ2n) is 10.6. The zero-order chi connectivity index (χ0) is 22.8. The Hall–Kier alpha value is -1.25. The van der Waals surface area contributed by atoms with Crippen LogP contribution < -0.4 is 10.6 Å². The molecule has 4 rings (SSSR count). The van der Waals surface area contributed by atoms with Gasteiger partial charge in [-0.2, -0.15) is 0 Å². The lowest BCUT2D eigenvalue weighted by atomic mass is 9.77. The van der Waals surface area contributed by atoms with Gasteiger partial charge in [0.25, 0.3) is 0 Å². The van der Waals surface area contributed by atoms with Crippen LogP contribution >= 0.6 is 0 Å². The lowest BCUT2D eigenvalue weighted by Crippen LogP contribution is -2.51. The first kappa shape index (κ1) is 23.9. The van der Waals surface area contributed by atoms with Gasteiger partial charge in [-0.1, -0.05) is 6.92 Å². The summed E-state index contributed by atoms with van der Waals surface area (Å²) in [6.07, 6.45) is 6.55. The summed E-state index contributed by atoms with van der Waals surface area (Å²) >= 11 is 0. The van der Waals surface area contributed by atoms with Crippen LogP contribution in [0.1, 0.15) is 58.3 Å². The highest BCUT2D eigenvalue weighted by molar-refractivity contribution is 5.82. The Bertz CT molecular complexity index is 662. The van der Waals surface area contributed by atoms with Crippen molar-refractivity contribution in [3.63, 3.8) is 0 Å². The van der Waals surface area contributed by atoms with Crippen LogP contribution in [-0.4, -0.2) is 91.8 Å². The number of likely N-dealkylation sites (N-methyl/N-ethyl adjacent to an activating group) is 1. The standard InChI is InChI=1S/C24H41FN4O3/c1-15-7-8-20(25)19-12-21(27-23(15)19)24(31)26-16-5-4-6-17(11-16)29-10-9-18(13-29)28(2)22(30)14-32-3/h15-21,23,27H,4-14H2,1-3H3,(H,26,31)/t15?,16-,17-,18?,19?,20?,21?,23?/m1/s1. The molecule has 0 bridgehead atoms. The van der Waals surface area contributed by atoms with Crippen LogP contribution in [0.2, 0.25) is 0 Å². The number of halogens is 1. The normalized spacial score (nSPS) is 40.1. The maximum absolute atomic E-state index is 14.4. The molecule has 4 aliphatic rings. The third-order valence-electron chi connectivity index (χ3n) is 8.57. The highest BCUT2D eigenvalue weighted by Gasteiger charge is 2.46. The van der Waals surface area contributed by atoms with Crippen LogP contribution in [0.5, 0.6) is 0 Å². The summed E-state index contributed by atoms with van der Waals surface area (Å²) in [7, 11) is 3.42. The molecule has 7 nitrogen and oxygen atoms in total. The molecule has 182 valence electrons. The molecule has 0 aromatic carbocycles. The van der Waals surface area contributed by atoms with Crippen molar-refractivity contribution < 1.29 is 18.7 Å². The molecule has 0 aromatic heterocycles. The molecule has 2 N–H and O–H groups in total. The van der Waals surface area contributed by atoms with Crippen molar-refractivity contribution in [1.29, 1.82) is 0 Å². The van der Waals surface area contributed by atoms with E-state index in [1.54, 1.807) is 7.11 Å². The van der Waals surface area contributed by atoms with E-state index in [-0.39, 0.29) is 48.5 Å². The van der Waals surface area contributed by atoms with E-state index in [9.17, 15) is 14.0 Å². The Morgan fingerprint density at radius 1 is 1.19 bits per heavy atom. The number of fused-ring (bicyclic) bond motifs is 1. The van der Waals surface area contributed by atoms with Gasteiger partial charge in [0.2, 0.25) is 11.8 Å². The fraction of sp³-hybridized carbons (Fsp3) is 0.917. The number of hydrogen-bond donors (Lipinski definition) is 2. The fourth-order valence-electron chi connectivity index (χ4n) is 6.57. The van der Waals surface area contributed by atoms with Crippen LogP contribution in [0.4, 0.5) is 4.39 Å². The molecule has 8 heteroatoms. The predicted octanol–water partition coefficient (Wildman–Crippen LogP) is 1.71. The summed E-state index contributed by atoms with van der Waals surface area (Å²) in [5.74, 6) is 0.491. The molecule has 8 atom stereocenters. The Balaban J connectivity index is 1.27. The van der Waals surface area contributed by atoms with Crippen molar-refractivity contribution >= 4 is 11.8 Å². The first-order valence-corrected chi connectivity index (χ1v) is 12.6. The van der Waals surface area contributed by atoms with Gasteiger partial charge in [0.15, 0.2) is 0 Å². The summed E-state index contributed by atoms with van der Waals surface area (Å²) in [5, 5.41) is 6.75. The maximum Gasteiger partial charge on any atom is 0.248 e.